The molecule has 26 heavy (non-hydrogen) atoms. The molecule has 3 aromatic rings. The highest BCUT2D eigenvalue weighted by molar-refractivity contribution is 5.98. The highest BCUT2D eigenvalue weighted by Gasteiger charge is 2.25. The smallest absolute Gasteiger partial charge is 0.267 e. The van der Waals surface area contributed by atoms with Crippen molar-refractivity contribution in [3.05, 3.63) is 60.3 Å². The summed E-state index contributed by atoms with van der Waals surface area (Å²) in [7, 11) is 1.64. The minimum atomic E-state index is -0.0694. The van der Waals surface area contributed by atoms with Gasteiger partial charge in [-0.3, -0.25) is 4.79 Å². The lowest BCUT2D eigenvalue weighted by molar-refractivity contribution is 0.0947. The number of fused-ring (bicyclic) bond motifs is 1. The molecule has 134 valence electrons. The van der Waals surface area contributed by atoms with Gasteiger partial charge in [-0.15, -0.1) is 0 Å². The van der Waals surface area contributed by atoms with Crippen LogP contribution in [0.15, 0.2) is 54.6 Å². The number of anilines is 1. The first kappa shape index (κ1) is 16.5. The van der Waals surface area contributed by atoms with E-state index in [9.17, 15) is 4.79 Å². The number of H-pyrrole nitrogens is 1. The largest absolute Gasteiger partial charge is 0.497 e. The summed E-state index contributed by atoms with van der Waals surface area (Å²) in [4.78, 5) is 18.1. The van der Waals surface area contributed by atoms with Gasteiger partial charge in [-0.1, -0.05) is 18.2 Å². The first-order valence-corrected chi connectivity index (χ1v) is 9.01. The number of aromatic amines is 1. The number of para-hydroxylation sites is 1. The van der Waals surface area contributed by atoms with E-state index in [1.807, 2.05) is 30.3 Å². The first-order valence-electron chi connectivity index (χ1n) is 9.01. The van der Waals surface area contributed by atoms with E-state index in [0.717, 1.165) is 36.0 Å². The molecule has 5 heteroatoms. The van der Waals surface area contributed by atoms with Crippen molar-refractivity contribution in [2.75, 3.05) is 25.1 Å². The second-order valence-electron chi connectivity index (χ2n) is 6.67. The molecule has 1 amide bonds. The van der Waals surface area contributed by atoms with Gasteiger partial charge >= 0.3 is 0 Å². The van der Waals surface area contributed by atoms with Crippen LogP contribution >= 0.6 is 0 Å². The van der Waals surface area contributed by atoms with E-state index in [2.05, 4.69) is 39.5 Å². The average molecular weight is 349 g/mol. The van der Waals surface area contributed by atoms with Crippen LogP contribution in [0.2, 0.25) is 0 Å². The molecule has 1 aromatic heterocycles. The molecular weight excluding hydrogens is 326 g/mol. The van der Waals surface area contributed by atoms with Crippen molar-refractivity contribution in [3.8, 4) is 5.75 Å². The van der Waals surface area contributed by atoms with Gasteiger partial charge in [0.15, 0.2) is 0 Å². The van der Waals surface area contributed by atoms with Crippen molar-refractivity contribution in [2.45, 2.75) is 18.9 Å². The highest BCUT2D eigenvalue weighted by Crippen LogP contribution is 2.25. The second kappa shape index (κ2) is 7.12. The SMILES string of the molecule is COc1ccc2cc(C(=O)NC[C@H]3CCCN3c3ccccc3)[nH]c2c1. The fourth-order valence-electron chi connectivity index (χ4n) is 3.67. The number of rotatable bonds is 5. The summed E-state index contributed by atoms with van der Waals surface area (Å²) in [6, 6.07) is 18.4. The van der Waals surface area contributed by atoms with Crippen molar-refractivity contribution in [3.63, 3.8) is 0 Å². The molecule has 2 aromatic carbocycles. The van der Waals surface area contributed by atoms with Crippen molar-refractivity contribution in [1.82, 2.24) is 10.3 Å². The van der Waals surface area contributed by atoms with Crippen LogP contribution in [0.3, 0.4) is 0 Å². The van der Waals surface area contributed by atoms with E-state index >= 15 is 0 Å². The number of hydrogen-bond acceptors (Lipinski definition) is 3. The minimum Gasteiger partial charge on any atom is -0.497 e. The molecule has 4 rings (SSSR count). The van der Waals surface area contributed by atoms with Crippen molar-refractivity contribution in [2.24, 2.45) is 0 Å². The lowest BCUT2D eigenvalue weighted by Gasteiger charge is -2.27. The minimum absolute atomic E-state index is 0.0694. The Morgan fingerprint density at radius 1 is 1.23 bits per heavy atom. The van der Waals surface area contributed by atoms with Gasteiger partial charge < -0.3 is 19.9 Å². The van der Waals surface area contributed by atoms with E-state index in [0.29, 0.717) is 18.3 Å². The molecular formula is C21H23N3O2. The number of carbonyl (C=O) groups excluding carboxylic acids is 1. The monoisotopic (exact) mass is 349 g/mol. The van der Waals surface area contributed by atoms with Crippen LogP contribution in [-0.2, 0) is 0 Å². The number of amides is 1. The standard InChI is InChI=1S/C21H23N3O2/c1-26-18-10-9-15-12-20(23-19(15)13-18)21(25)22-14-17-8-5-11-24(17)16-6-3-2-4-7-16/h2-4,6-7,9-10,12-13,17,23H,5,8,11,14H2,1H3,(H,22,25)/t17-/m1/s1. The van der Waals surface area contributed by atoms with Crippen LogP contribution < -0.4 is 15.0 Å². The summed E-state index contributed by atoms with van der Waals surface area (Å²) in [5.74, 6) is 0.704. The average Bonchev–Trinajstić information content (AvgIpc) is 3.32. The molecule has 2 heterocycles. The molecule has 0 bridgehead atoms. The summed E-state index contributed by atoms with van der Waals surface area (Å²) < 4.78 is 5.23. The molecule has 0 radical (unpaired) electrons. The lowest BCUT2D eigenvalue weighted by Crippen LogP contribution is -2.40. The van der Waals surface area contributed by atoms with E-state index in [-0.39, 0.29) is 5.91 Å². The fraction of sp³-hybridized carbons (Fsp3) is 0.286. The van der Waals surface area contributed by atoms with E-state index in [1.165, 1.54) is 5.69 Å². The molecule has 1 saturated heterocycles. The van der Waals surface area contributed by atoms with Crippen molar-refractivity contribution >= 4 is 22.5 Å². The molecule has 0 saturated carbocycles. The Bertz CT molecular complexity index is 904. The zero-order valence-electron chi connectivity index (χ0n) is 14.9. The van der Waals surface area contributed by atoms with Crippen molar-refractivity contribution < 1.29 is 9.53 Å². The van der Waals surface area contributed by atoms with Gasteiger partial charge in [-0.25, -0.2) is 0 Å². The summed E-state index contributed by atoms with van der Waals surface area (Å²) in [5.41, 5.74) is 2.71. The first-order chi connectivity index (χ1) is 12.7. The topological polar surface area (TPSA) is 57.4 Å². The van der Waals surface area contributed by atoms with Gasteiger partial charge in [-0.05, 0) is 43.2 Å². The number of nitrogens with zero attached hydrogens (tertiary/aromatic N) is 1. The molecule has 0 spiro atoms. The lowest BCUT2D eigenvalue weighted by atomic mass is 10.2. The van der Waals surface area contributed by atoms with Crippen LogP contribution in [-0.4, -0.2) is 37.1 Å². The predicted molar refractivity (Wildman–Crippen MR) is 104 cm³/mol. The van der Waals surface area contributed by atoms with Crippen LogP contribution in [0.5, 0.6) is 5.75 Å². The highest BCUT2D eigenvalue weighted by atomic mass is 16.5. The van der Waals surface area contributed by atoms with Crippen LogP contribution in [0.25, 0.3) is 10.9 Å². The van der Waals surface area contributed by atoms with Gasteiger partial charge in [0.2, 0.25) is 0 Å². The Morgan fingerprint density at radius 3 is 2.88 bits per heavy atom. The maximum atomic E-state index is 12.6. The molecule has 1 fully saturated rings. The van der Waals surface area contributed by atoms with E-state index in [1.54, 1.807) is 7.11 Å². The van der Waals surface area contributed by atoms with E-state index < -0.39 is 0 Å². The zero-order valence-corrected chi connectivity index (χ0v) is 14.9. The number of ether oxygens (including phenoxy) is 1. The number of carbonyl (C=O) groups is 1. The van der Waals surface area contributed by atoms with Crippen LogP contribution in [0.1, 0.15) is 23.3 Å². The van der Waals surface area contributed by atoms with Gasteiger partial charge in [0, 0.05) is 41.8 Å². The summed E-state index contributed by atoms with van der Waals surface area (Å²) in [5, 5.41) is 4.09. The molecule has 5 nitrogen and oxygen atoms in total. The quantitative estimate of drug-likeness (QED) is 0.740. The van der Waals surface area contributed by atoms with Crippen molar-refractivity contribution in [1.29, 1.82) is 0 Å². The molecule has 0 aliphatic carbocycles. The Balaban J connectivity index is 1.43. The third kappa shape index (κ3) is 3.25. The van der Waals surface area contributed by atoms with Crippen LogP contribution in [0.4, 0.5) is 5.69 Å². The summed E-state index contributed by atoms with van der Waals surface area (Å²) in [6.07, 6.45) is 2.25. The molecule has 1 atom stereocenters. The summed E-state index contributed by atoms with van der Waals surface area (Å²) >= 11 is 0. The Hall–Kier alpha value is -2.95. The maximum absolute atomic E-state index is 12.6. The number of nitrogens with one attached hydrogen (secondary N) is 2. The second-order valence-corrected chi connectivity index (χ2v) is 6.67. The summed E-state index contributed by atoms with van der Waals surface area (Å²) in [6.45, 7) is 1.68. The number of benzene rings is 2. The number of aromatic nitrogens is 1. The Kier molecular flexibility index (Phi) is 4.52. The van der Waals surface area contributed by atoms with Gasteiger partial charge in [-0.2, -0.15) is 0 Å². The van der Waals surface area contributed by atoms with E-state index in [4.69, 9.17) is 4.74 Å². The molecule has 2 N–H and O–H groups in total. The Labute approximate surface area is 153 Å². The van der Waals surface area contributed by atoms with Crippen LogP contribution in [0, 0.1) is 0 Å². The zero-order chi connectivity index (χ0) is 17.9. The third-order valence-corrected chi connectivity index (χ3v) is 5.04. The molecule has 0 unspecified atom stereocenters. The number of hydrogen-bond donors (Lipinski definition) is 2. The van der Waals surface area contributed by atoms with Gasteiger partial charge in [0.05, 0.1) is 7.11 Å². The van der Waals surface area contributed by atoms with Gasteiger partial charge in [0.1, 0.15) is 11.4 Å². The normalized spacial score (nSPS) is 16.8. The molecule has 1 aliphatic heterocycles. The maximum Gasteiger partial charge on any atom is 0.267 e. The van der Waals surface area contributed by atoms with Gasteiger partial charge in [0.25, 0.3) is 5.91 Å². The molecule has 1 aliphatic rings. The number of methoxy groups -OCH3 is 1. The predicted octanol–water partition coefficient (Wildman–Crippen LogP) is 3.58. The third-order valence-electron chi connectivity index (χ3n) is 5.04. The fourth-order valence-corrected chi connectivity index (χ4v) is 3.67. The Morgan fingerprint density at radius 2 is 2.08 bits per heavy atom.